The van der Waals surface area contributed by atoms with Gasteiger partial charge in [-0.05, 0) is 68.1 Å². The molecule has 1 aromatic heterocycles. The highest BCUT2D eigenvalue weighted by Gasteiger charge is 2.30. The van der Waals surface area contributed by atoms with Crippen molar-refractivity contribution < 1.29 is 18.3 Å². The molecule has 1 aliphatic heterocycles. The summed E-state index contributed by atoms with van der Waals surface area (Å²) in [6, 6.07) is 11.7. The number of hydrogen-bond acceptors (Lipinski definition) is 5. The molecule has 9 heteroatoms. The van der Waals surface area contributed by atoms with E-state index >= 15 is 0 Å². The number of hydrogen-bond donors (Lipinski definition) is 1. The van der Waals surface area contributed by atoms with Crippen LogP contribution in [0.25, 0.3) is 11.0 Å². The molecule has 2 aromatic carbocycles. The zero-order valence-corrected chi connectivity index (χ0v) is 18.5. The predicted molar refractivity (Wildman–Crippen MR) is 120 cm³/mol. The Bertz CT molecular complexity index is 1200. The van der Waals surface area contributed by atoms with Crippen molar-refractivity contribution in [3.8, 4) is 0 Å². The van der Waals surface area contributed by atoms with Gasteiger partial charge in [0.15, 0.2) is 12.5 Å². The lowest BCUT2D eigenvalue weighted by Gasteiger charge is -2.32. The summed E-state index contributed by atoms with van der Waals surface area (Å²) in [5, 5.41) is 10.9. The van der Waals surface area contributed by atoms with E-state index in [-0.39, 0.29) is 28.8 Å². The van der Waals surface area contributed by atoms with Crippen molar-refractivity contribution in [2.24, 2.45) is 5.10 Å². The van der Waals surface area contributed by atoms with E-state index in [9.17, 15) is 9.18 Å². The number of hydrazone groups is 1. The Morgan fingerprint density at radius 2 is 1.91 bits per heavy atom. The summed E-state index contributed by atoms with van der Waals surface area (Å²) >= 11 is 11.7. The number of nitrogens with zero attached hydrogens (tertiary/aromatic N) is 2. The van der Waals surface area contributed by atoms with Gasteiger partial charge in [-0.25, -0.2) is 4.39 Å². The first-order valence-electron chi connectivity index (χ1n) is 10.4. The van der Waals surface area contributed by atoms with E-state index < -0.39 is 5.82 Å². The Balaban J connectivity index is 1.17. The van der Waals surface area contributed by atoms with Gasteiger partial charge in [0.1, 0.15) is 11.4 Å². The summed E-state index contributed by atoms with van der Waals surface area (Å²) < 4.78 is 25.0. The van der Waals surface area contributed by atoms with Gasteiger partial charge in [-0.3, -0.25) is 9.80 Å². The second-order valence-electron chi connectivity index (χ2n) is 8.02. The molecule has 0 radical (unpaired) electrons. The number of benzene rings is 2. The molecule has 6 nitrogen and oxygen atoms in total. The Morgan fingerprint density at radius 1 is 1.09 bits per heavy atom. The van der Waals surface area contributed by atoms with Crippen LogP contribution in [0.5, 0.6) is 0 Å². The van der Waals surface area contributed by atoms with E-state index in [1.54, 1.807) is 30.3 Å². The van der Waals surface area contributed by atoms with Crippen molar-refractivity contribution >= 4 is 46.0 Å². The second-order valence-corrected chi connectivity index (χ2v) is 8.86. The minimum absolute atomic E-state index is 0.0629. The molecule has 1 aliphatic carbocycles. The number of furan rings is 1. The summed E-state index contributed by atoms with van der Waals surface area (Å²) in [6.07, 6.45) is 3.35. The standard InChI is InChI=1S/C23H20Cl2FN3O3/c24-15-2-8-20-14(9-15)11-21(32-20)22(30)27-16-3-5-17(6-4-16)29-12-31-23(28-29)13-1-7-18(25)19(26)10-13/h1-2,7-11,16-17H,3-6,12H2,(H,27,30). The Morgan fingerprint density at radius 3 is 2.69 bits per heavy atom. The normalized spacial score (nSPS) is 20.8. The van der Waals surface area contributed by atoms with Crippen LogP contribution in [0.1, 0.15) is 41.8 Å². The van der Waals surface area contributed by atoms with E-state index in [1.165, 1.54) is 12.1 Å². The molecule has 0 bridgehead atoms. The second kappa shape index (κ2) is 8.64. The van der Waals surface area contributed by atoms with E-state index in [0.29, 0.717) is 28.8 Å². The molecule has 2 aliphatic rings. The van der Waals surface area contributed by atoms with Gasteiger partial charge in [0.05, 0.1) is 11.1 Å². The molecule has 5 rings (SSSR count). The molecule has 0 unspecified atom stereocenters. The van der Waals surface area contributed by atoms with Crippen LogP contribution in [0, 0.1) is 5.82 Å². The fourth-order valence-electron chi connectivity index (χ4n) is 4.16. The minimum atomic E-state index is -0.502. The third-order valence-electron chi connectivity index (χ3n) is 5.87. The highest BCUT2D eigenvalue weighted by molar-refractivity contribution is 6.31. The van der Waals surface area contributed by atoms with Crippen molar-refractivity contribution in [2.75, 3.05) is 6.73 Å². The average Bonchev–Trinajstić information content (AvgIpc) is 3.43. The SMILES string of the molecule is O=C(NC1CCC(N2COC(c3ccc(Cl)c(F)c3)=N2)CC1)c1cc2cc(Cl)ccc2o1. The van der Waals surface area contributed by atoms with E-state index in [0.717, 1.165) is 31.1 Å². The van der Waals surface area contributed by atoms with Crippen LogP contribution in [-0.4, -0.2) is 35.6 Å². The Kier molecular flexibility index (Phi) is 5.69. The summed E-state index contributed by atoms with van der Waals surface area (Å²) in [5.41, 5.74) is 1.19. The lowest BCUT2D eigenvalue weighted by atomic mass is 9.91. The first kappa shape index (κ1) is 21.1. The van der Waals surface area contributed by atoms with Crippen LogP contribution in [0.4, 0.5) is 4.39 Å². The Labute approximate surface area is 193 Å². The third-order valence-corrected chi connectivity index (χ3v) is 6.42. The van der Waals surface area contributed by atoms with Crippen molar-refractivity contribution in [1.82, 2.24) is 10.3 Å². The van der Waals surface area contributed by atoms with Crippen molar-refractivity contribution in [3.05, 3.63) is 69.7 Å². The van der Waals surface area contributed by atoms with Gasteiger partial charge in [0.25, 0.3) is 5.91 Å². The topological polar surface area (TPSA) is 67.1 Å². The number of halogens is 3. The lowest BCUT2D eigenvalue weighted by molar-refractivity contribution is 0.0810. The molecule has 0 saturated heterocycles. The molecule has 1 saturated carbocycles. The fourth-order valence-corrected chi connectivity index (χ4v) is 4.46. The average molecular weight is 476 g/mol. The summed E-state index contributed by atoms with van der Waals surface area (Å²) in [5.74, 6) is -0.0594. The lowest BCUT2D eigenvalue weighted by Crippen LogP contribution is -2.42. The minimum Gasteiger partial charge on any atom is -0.453 e. The summed E-state index contributed by atoms with van der Waals surface area (Å²) in [6.45, 7) is 0.322. The van der Waals surface area contributed by atoms with E-state index in [1.807, 2.05) is 5.01 Å². The maximum atomic E-state index is 13.7. The molecule has 1 fully saturated rings. The van der Waals surface area contributed by atoms with Gasteiger partial charge >= 0.3 is 0 Å². The molecule has 0 atom stereocenters. The summed E-state index contributed by atoms with van der Waals surface area (Å²) in [4.78, 5) is 12.6. The van der Waals surface area contributed by atoms with Gasteiger partial charge < -0.3 is 14.5 Å². The van der Waals surface area contributed by atoms with Crippen LogP contribution in [0.15, 0.2) is 52.0 Å². The van der Waals surface area contributed by atoms with Crippen LogP contribution in [-0.2, 0) is 4.74 Å². The number of carbonyl (C=O) groups excluding carboxylic acids is 1. The highest BCUT2D eigenvalue weighted by Crippen LogP contribution is 2.28. The number of nitrogens with one attached hydrogen (secondary N) is 1. The van der Waals surface area contributed by atoms with Gasteiger partial charge in [-0.15, -0.1) is 5.10 Å². The molecule has 1 N–H and O–H groups in total. The molecular weight excluding hydrogens is 456 g/mol. The number of rotatable bonds is 4. The number of amides is 1. The van der Waals surface area contributed by atoms with Crippen molar-refractivity contribution in [3.63, 3.8) is 0 Å². The molecular formula is C23H20Cl2FN3O3. The fraction of sp³-hybridized carbons (Fsp3) is 0.304. The first-order valence-corrected chi connectivity index (χ1v) is 11.2. The van der Waals surface area contributed by atoms with E-state index in [4.69, 9.17) is 32.4 Å². The monoisotopic (exact) mass is 475 g/mol. The molecule has 166 valence electrons. The van der Waals surface area contributed by atoms with Crippen molar-refractivity contribution in [2.45, 2.75) is 37.8 Å². The molecule has 32 heavy (non-hydrogen) atoms. The van der Waals surface area contributed by atoms with Crippen LogP contribution >= 0.6 is 23.2 Å². The number of ether oxygens (including phenoxy) is 1. The van der Waals surface area contributed by atoms with E-state index in [2.05, 4.69) is 10.4 Å². The molecule has 0 spiro atoms. The van der Waals surface area contributed by atoms with Crippen LogP contribution in [0.2, 0.25) is 10.0 Å². The van der Waals surface area contributed by atoms with Gasteiger partial charge in [0.2, 0.25) is 5.90 Å². The predicted octanol–water partition coefficient (Wildman–Crippen LogP) is 5.57. The zero-order chi connectivity index (χ0) is 22.2. The third kappa shape index (κ3) is 4.27. The summed E-state index contributed by atoms with van der Waals surface area (Å²) in [7, 11) is 0. The van der Waals surface area contributed by atoms with Crippen LogP contribution in [0.3, 0.4) is 0 Å². The quantitative estimate of drug-likeness (QED) is 0.535. The largest absolute Gasteiger partial charge is 0.453 e. The molecule has 2 heterocycles. The molecule has 1 amide bonds. The first-order chi connectivity index (χ1) is 15.5. The maximum absolute atomic E-state index is 13.7. The van der Waals surface area contributed by atoms with Crippen molar-refractivity contribution in [1.29, 1.82) is 0 Å². The van der Waals surface area contributed by atoms with Crippen LogP contribution < -0.4 is 5.32 Å². The maximum Gasteiger partial charge on any atom is 0.287 e. The Hall–Kier alpha value is -2.77. The zero-order valence-electron chi connectivity index (χ0n) is 17.0. The molecule has 3 aromatic rings. The number of fused-ring (bicyclic) bond motifs is 1. The smallest absolute Gasteiger partial charge is 0.287 e. The highest BCUT2D eigenvalue weighted by atomic mass is 35.5. The number of carbonyl (C=O) groups is 1. The van der Waals surface area contributed by atoms with Gasteiger partial charge in [0, 0.05) is 22.0 Å². The van der Waals surface area contributed by atoms with Gasteiger partial charge in [-0.2, -0.15) is 0 Å². The van der Waals surface area contributed by atoms with Gasteiger partial charge in [-0.1, -0.05) is 23.2 Å².